The van der Waals surface area contributed by atoms with Crippen molar-refractivity contribution in [3.05, 3.63) is 4.85 Å². The van der Waals surface area contributed by atoms with E-state index >= 15 is 0 Å². The zero-order valence-corrected chi connectivity index (χ0v) is 11.7. The van der Waals surface area contributed by atoms with Gasteiger partial charge in [-0.05, 0) is 25.7 Å². The van der Waals surface area contributed by atoms with Gasteiger partial charge in [0.1, 0.15) is 5.41 Å². The van der Waals surface area contributed by atoms with E-state index in [1.165, 1.54) is 0 Å². The van der Waals surface area contributed by atoms with E-state index < -0.39 is 29.4 Å². The van der Waals surface area contributed by atoms with Crippen molar-refractivity contribution < 1.29 is 22.8 Å². The average Bonchev–Trinajstić information content (AvgIpc) is 2.94. The summed E-state index contributed by atoms with van der Waals surface area (Å²) in [6, 6.07) is -0.941. The van der Waals surface area contributed by atoms with Crippen LogP contribution in [0.15, 0.2) is 0 Å². The second kappa shape index (κ2) is 5.66. The number of halogens is 3. The Kier molecular flexibility index (Phi) is 4.26. The monoisotopic (exact) mass is 303 g/mol. The average molecular weight is 303 g/mol. The highest BCUT2D eigenvalue weighted by atomic mass is 19.4. The summed E-state index contributed by atoms with van der Waals surface area (Å²) in [5.74, 6) is -1.71. The van der Waals surface area contributed by atoms with Gasteiger partial charge in [0, 0.05) is 11.4 Å². The van der Waals surface area contributed by atoms with Gasteiger partial charge in [-0.25, -0.2) is 0 Å². The maximum Gasteiger partial charge on any atom is 0.537 e. The topological polar surface area (TPSA) is 41.7 Å². The van der Waals surface area contributed by atoms with Gasteiger partial charge in [0.05, 0.1) is 0 Å². The molecule has 2 aliphatic rings. The van der Waals surface area contributed by atoms with Crippen LogP contribution in [0.1, 0.15) is 44.9 Å². The Morgan fingerprint density at radius 2 is 1.76 bits per heavy atom. The van der Waals surface area contributed by atoms with Crippen molar-refractivity contribution in [1.29, 1.82) is 0 Å². The molecule has 0 radical (unpaired) electrons. The molecule has 2 amide bonds. The maximum absolute atomic E-state index is 13.5. The normalized spacial score (nSPS) is 25.4. The molecule has 1 atom stereocenters. The van der Waals surface area contributed by atoms with Crippen molar-refractivity contribution in [2.45, 2.75) is 57.2 Å². The molecular formula is C14H18F3N2O2+. The fraction of sp³-hybridized carbons (Fsp3) is 0.786. The van der Waals surface area contributed by atoms with Crippen LogP contribution in [0.4, 0.5) is 13.2 Å². The minimum absolute atomic E-state index is 0.155. The summed E-state index contributed by atoms with van der Waals surface area (Å²) in [5, 5.41) is 0. The molecule has 0 N–H and O–H groups in total. The van der Waals surface area contributed by atoms with Gasteiger partial charge in [-0.2, -0.15) is 18.0 Å². The number of amides is 2. The molecule has 0 spiro atoms. The summed E-state index contributed by atoms with van der Waals surface area (Å²) in [6.45, 7) is 5.08. The zero-order valence-electron chi connectivity index (χ0n) is 11.7. The van der Waals surface area contributed by atoms with E-state index in [9.17, 15) is 22.8 Å². The molecule has 1 aliphatic heterocycles. The smallest absolute Gasteiger partial charge is 0.324 e. The second-order valence-corrected chi connectivity index (χ2v) is 5.76. The lowest BCUT2D eigenvalue weighted by Crippen LogP contribution is -2.55. The van der Waals surface area contributed by atoms with E-state index in [-0.39, 0.29) is 19.4 Å². The van der Waals surface area contributed by atoms with Crippen LogP contribution in [0.25, 0.3) is 4.85 Å². The zero-order chi connectivity index (χ0) is 15.7. The van der Waals surface area contributed by atoms with Crippen molar-refractivity contribution >= 4 is 11.8 Å². The van der Waals surface area contributed by atoms with Crippen molar-refractivity contribution in [2.24, 2.45) is 5.41 Å². The number of likely N-dealkylation sites (tertiary alicyclic amines) is 1. The molecule has 4 nitrogen and oxygen atoms in total. The molecular weight excluding hydrogens is 285 g/mol. The highest BCUT2D eigenvalue weighted by molar-refractivity contribution is 5.96. The van der Waals surface area contributed by atoms with E-state index in [2.05, 4.69) is 4.85 Å². The van der Waals surface area contributed by atoms with Gasteiger partial charge in [-0.3, -0.25) is 4.79 Å². The second-order valence-electron chi connectivity index (χ2n) is 5.76. The number of hydrogen-bond acceptors (Lipinski definition) is 2. The molecule has 116 valence electrons. The lowest BCUT2D eigenvalue weighted by molar-refractivity contribution is -0.235. The lowest BCUT2D eigenvalue weighted by atomic mass is 9.72. The third-order valence-electron chi connectivity index (χ3n) is 4.59. The van der Waals surface area contributed by atoms with Gasteiger partial charge in [-0.1, -0.05) is 19.3 Å². The van der Waals surface area contributed by atoms with Crippen LogP contribution in [0.2, 0.25) is 0 Å². The fourth-order valence-electron chi connectivity index (χ4n) is 3.40. The lowest BCUT2D eigenvalue weighted by Gasteiger charge is -2.40. The summed E-state index contributed by atoms with van der Waals surface area (Å²) in [5.41, 5.74) is -2.34. The summed E-state index contributed by atoms with van der Waals surface area (Å²) in [6.07, 6.45) is -2.74. The molecule has 2 rings (SSSR count). The van der Waals surface area contributed by atoms with Gasteiger partial charge in [-0.15, -0.1) is 0 Å². The van der Waals surface area contributed by atoms with E-state index in [1.807, 2.05) is 0 Å². The molecule has 1 saturated carbocycles. The maximum atomic E-state index is 13.5. The molecule has 0 bridgehead atoms. The predicted octanol–water partition coefficient (Wildman–Crippen LogP) is 2.98. The van der Waals surface area contributed by atoms with Crippen LogP contribution in [-0.2, 0) is 9.59 Å². The van der Waals surface area contributed by atoms with Gasteiger partial charge in [0.2, 0.25) is 5.91 Å². The van der Waals surface area contributed by atoms with Crippen molar-refractivity contribution in [2.75, 3.05) is 6.54 Å². The van der Waals surface area contributed by atoms with Crippen LogP contribution in [0, 0.1) is 12.0 Å². The third-order valence-corrected chi connectivity index (χ3v) is 4.59. The first-order valence-electron chi connectivity index (χ1n) is 7.16. The molecule has 21 heavy (non-hydrogen) atoms. The van der Waals surface area contributed by atoms with Crippen LogP contribution >= 0.6 is 0 Å². The van der Waals surface area contributed by atoms with Crippen LogP contribution in [0.3, 0.4) is 0 Å². The Bertz CT molecular complexity index is 476. The number of alkyl halides is 3. The van der Waals surface area contributed by atoms with Crippen LogP contribution in [-0.4, -0.2) is 35.5 Å². The molecule has 2 fully saturated rings. The summed E-state index contributed by atoms with van der Waals surface area (Å²) in [7, 11) is 0. The van der Waals surface area contributed by atoms with E-state index in [1.54, 1.807) is 0 Å². The molecule has 1 heterocycles. The molecule has 0 aromatic heterocycles. The minimum Gasteiger partial charge on any atom is -0.324 e. The Morgan fingerprint density at radius 3 is 2.29 bits per heavy atom. The molecule has 7 heteroatoms. The van der Waals surface area contributed by atoms with Crippen LogP contribution in [0.5, 0.6) is 0 Å². The van der Waals surface area contributed by atoms with Gasteiger partial charge in [0.25, 0.3) is 6.57 Å². The van der Waals surface area contributed by atoms with E-state index in [4.69, 9.17) is 6.57 Å². The Hall–Kier alpha value is -1.58. The SMILES string of the molecule is C#[N+]C(=O)[C@@H]1CCCN1C(=O)C1(C(F)(F)F)CCCCC1. The largest absolute Gasteiger partial charge is 0.537 e. The number of carbonyl (C=O) groups is 2. The Balaban J connectivity index is 2.31. The molecule has 0 unspecified atom stereocenters. The highest BCUT2D eigenvalue weighted by Crippen LogP contribution is 2.50. The molecule has 0 aromatic carbocycles. The standard InChI is InChI=1S/C14H18F3N2O2/c1-18-11(20)10-6-5-9-19(10)12(21)13(14(15,16)17)7-3-2-4-8-13/h1,10H,2-9H2/q+1/t10-/m0/s1. The highest BCUT2D eigenvalue weighted by Gasteiger charge is 2.62. The fourth-order valence-corrected chi connectivity index (χ4v) is 3.40. The minimum atomic E-state index is -4.60. The van der Waals surface area contributed by atoms with E-state index in [0.29, 0.717) is 32.1 Å². The molecule has 1 aliphatic carbocycles. The first kappa shape index (κ1) is 15.8. The Morgan fingerprint density at radius 1 is 1.14 bits per heavy atom. The molecule has 0 aromatic rings. The summed E-state index contributed by atoms with van der Waals surface area (Å²) < 4.78 is 40.6. The van der Waals surface area contributed by atoms with Crippen molar-refractivity contribution in [1.82, 2.24) is 4.90 Å². The Labute approximate surface area is 121 Å². The first-order chi connectivity index (χ1) is 9.83. The van der Waals surface area contributed by atoms with E-state index in [0.717, 1.165) is 4.90 Å². The van der Waals surface area contributed by atoms with Crippen molar-refractivity contribution in [3.8, 4) is 6.57 Å². The van der Waals surface area contributed by atoms with Gasteiger partial charge >= 0.3 is 12.1 Å². The first-order valence-corrected chi connectivity index (χ1v) is 7.16. The number of carbonyl (C=O) groups excluding carboxylic acids is 2. The van der Waals surface area contributed by atoms with Gasteiger partial charge < -0.3 is 4.90 Å². The van der Waals surface area contributed by atoms with Crippen LogP contribution < -0.4 is 0 Å². The number of hydrogen-bond donors (Lipinski definition) is 0. The third kappa shape index (κ3) is 2.63. The molecule has 1 saturated heterocycles. The number of nitrogens with zero attached hydrogens (tertiary/aromatic N) is 2. The predicted molar refractivity (Wildman–Crippen MR) is 69.6 cm³/mol. The van der Waals surface area contributed by atoms with Gasteiger partial charge in [0.15, 0.2) is 6.04 Å². The number of rotatable bonds is 2. The summed E-state index contributed by atoms with van der Waals surface area (Å²) in [4.78, 5) is 28.2. The van der Waals surface area contributed by atoms with Crippen molar-refractivity contribution in [3.63, 3.8) is 0 Å². The summed E-state index contributed by atoms with van der Waals surface area (Å²) >= 11 is 0. The quantitative estimate of drug-likeness (QED) is 0.787.